The summed E-state index contributed by atoms with van der Waals surface area (Å²) in [6.45, 7) is 0.294. The van der Waals surface area contributed by atoms with Crippen LogP contribution in [0.5, 0.6) is 5.75 Å². The SMILES string of the molecule is ClCc1csc(COc2c(Cl)cc(Cl)cc2Cl)n1. The Bertz CT molecular complexity index is 535. The second kappa shape index (κ2) is 6.31. The van der Waals surface area contributed by atoms with Crippen LogP contribution in [0.3, 0.4) is 0 Å². The van der Waals surface area contributed by atoms with Crippen LogP contribution in [0.15, 0.2) is 17.5 Å². The molecule has 0 atom stereocenters. The summed E-state index contributed by atoms with van der Waals surface area (Å²) in [6, 6.07) is 3.16. The highest BCUT2D eigenvalue weighted by Crippen LogP contribution is 2.36. The van der Waals surface area contributed by atoms with E-state index in [-0.39, 0.29) is 0 Å². The number of halogens is 4. The fourth-order valence-corrected chi connectivity index (χ4v) is 3.14. The smallest absolute Gasteiger partial charge is 0.157 e. The van der Waals surface area contributed by atoms with E-state index in [4.69, 9.17) is 51.1 Å². The fourth-order valence-electron chi connectivity index (χ4n) is 1.28. The van der Waals surface area contributed by atoms with E-state index in [2.05, 4.69) is 4.98 Å². The monoisotopic (exact) mass is 341 g/mol. The predicted octanol–water partition coefficient (Wildman–Crippen LogP) is 5.42. The molecule has 2 aromatic rings. The normalized spacial score (nSPS) is 10.7. The fraction of sp³-hybridized carbons (Fsp3) is 0.182. The summed E-state index contributed by atoms with van der Waals surface area (Å²) in [5.41, 5.74) is 0.827. The number of hydrogen-bond donors (Lipinski definition) is 0. The topological polar surface area (TPSA) is 22.1 Å². The second-order valence-corrected chi connectivity index (χ2v) is 5.81. The Morgan fingerprint density at radius 2 is 1.83 bits per heavy atom. The molecule has 0 spiro atoms. The Morgan fingerprint density at radius 3 is 2.39 bits per heavy atom. The molecule has 2 nitrogen and oxygen atoms in total. The summed E-state index contributed by atoms with van der Waals surface area (Å²) >= 11 is 25.0. The minimum absolute atomic E-state index is 0.294. The van der Waals surface area contributed by atoms with Crippen molar-refractivity contribution in [2.45, 2.75) is 12.5 Å². The number of nitrogens with zero attached hydrogens (tertiary/aromatic N) is 1. The van der Waals surface area contributed by atoms with Gasteiger partial charge in [0.15, 0.2) is 5.75 Å². The summed E-state index contributed by atoms with van der Waals surface area (Å²) < 4.78 is 5.55. The van der Waals surface area contributed by atoms with Crippen LogP contribution >= 0.6 is 57.7 Å². The summed E-state index contributed by atoms with van der Waals surface area (Å²) in [7, 11) is 0. The van der Waals surface area contributed by atoms with Crippen molar-refractivity contribution in [1.82, 2.24) is 4.98 Å². The van der Waals surface area contributed by atoms with E-state index in [0.717, 1.165) is 10.7 Å². The van der Waals surface area contributed by atoms with Crippen molar-refractivity contribution in [2.75, 3.05) is 0 Å². The van der Waals surface area contributed by atoms with Crippen LogP contribution in [-0.2, 0) is 12.5 Å². The Labute approximate surface area is 128 Å². The van der Waals surface area contributed by atoms with Gasteiger partial charge in [0.1, 0.15) is 11.6 Å². The highest BCUT2D eigenvalue weighted by Gasteiger charge is 2.10. The maximum Gasteiger partial charge on any atom is 0.157 e. The van der Waals surface area contributed by atoms with E-state index in [1.807, 2.05) is 5.38 Å². The first-order valence-corrected chi connectivity index (χ1v) is 7.41. The lowest BCUT2D eigenvalue weighted by molar-refractivity contribution is 0.306. The van der Waals surface area contributed by atoms with Gasteiger partial charge in [-0.2, -0.15) is 0 Å². The number of benzene rings is 1. The van der Waals surface area contributed by atoms with Crippen molar-refractivity contribution in [3.63, 3.8) is 0 Å². The molecule has 7 heteroatoms. The number of ether oxygens (including phenoxy) is 1. The van der Waals surface area contributed by atoms with Crippen molar-refractivity contribution in [3.8, 4) is 5.75 Å². The standard InChI is InChI=1S/C11H7Cl4NOS/c12-3-7-5-18-10(16-7)4-17-11-8(14)1-6(13)2-9(11)15/h1-2,5H,3-4H2. The van der Waals surface area contributed by atoms with Crippen molar-refractivity contribution >= 4 is 57.7 Å². The van der Waals surface area contributed by atoms with Gasteiger partial charge in [0, 0.05) is 10.4 Å². The molecule has 18 heavy (non-hydrogen) atoms. The second-order valence-electron chi connectivity index (χ2n) is 3.35. The van der Waals surface area contributed by atoms with E-state index < -0.39 is 0 Å². The summed E-state index contributed by atoms with van der Waals surface area (Å²) in [4.78, 5) is 4.27. The molecule has 0 amide bonds. The zero-order chi connectivity index (χ0) is 13.1. The predicted molar refractivity (Wildman–Crippen MR) is 77.5 cm³/mol. The zero-order valence-corrected chi connectivity index (χ0v) is 12.8. The van der Waals surface area contributed by atoms with Gasteiger partial charge in [-0.25, -0.2) is 4.98 Å². The van der Waals surface area contributed by atoms with Crippen molar-refractivity contribution < 1.29 is 4.74 Å². The van der Waals surface area contributed by atoms with Crippen molar-refractivity contribution in [3.05, 3.63) is 43.3 Å². The van der Waals surface area contributed by atoms with Gasteiger partial charge in [-0.15, -0.1) is 22.9 Å². The molecule has 1 aromatic carbocycles. The molecule has 0 aliphatic rings. The highest BCUT2D eigenvalue weighted by molar-refractivity contribution is 7.09. The van der Waals surface area contributed by atoms with Crippen LogP contribution in [-0.4, -0.2) is 4.98 Å². The molecule has 0 bridgehead atoms. The first-order valence-electron chi connectivity index (χ1n) is 4.86. The Balaban J connectivity index is 2.10. The molecule has 0 aliphatic heterocycles. The minimum Gasteiger partial charge on any atom is -0.483 e. The number of hydrogen-bond acceptors (Lipinski definition) is 3. The third-order valence-electron chi connectivity index (χ3n) is 2.04. The van der Waals surface area contributed by atoms with Crippen LogP contribution in [0.1, 0.15) is 10.7 Å². The number of thiazole rings is 1. The van der Waals surface area contributed by atoms with Crippen LogP contribution < -0.4 is 4.74 Å². The van der Waals surface area contributed by atoms with Gasteiger partial charge in [-0.05, 0) is 12.1 Å². The zero-order valence-electron chi connectivity index (χ0n) is 8.92. The Kier molecular flexibility index (Phi) is 4.98. The van der Waals surface area contributed by atoms with E-state index >= 15 is 0 Å². The number of alkyl halides is 1. The van der Waals surface area contributed by atoms with Gasteiger partial charge >= 0.3 is 0 Å². The first-order chi connectivity index (χ1) is 8.60. The van der Waals surface area contributed by atoms with Crippen LogP contribution in [0.4, 0.5) is 0 Å². The average Bonchev–Trinajstić information content (AvgIpc) is 2.75. The van der Waals surface area contributed by atoms with E-state index in [1.54, 1.807) is 12.1 Å². The molecule has 2 rings (SSSR count). The lowest BCUT2D eigenvalue weighted by Crippen LogP contribution is -1.96. The molecule has 1 heterocycles. The highest BCUT2D eigenvalue weighted by atomic mass is 35.5. The molecule has 0 unspecified atom stereocenters. The van der Waals surface area contributed by atoms with E-state index in [9.17, 15) is 0 Å². The summed E-state index contributed by atoms with van der Waals surface area (Å²) in [5, 5.41) is 3.92. The van der Waals surface area contributed by atoms with Crippen LogP contribution in [0, 0.1) is 0 Å². The van der Waals surface area contributed by atoms with Gasteiger partial charge in [0.25, 0.3) is 0 Å². The average molecular weight is 343 g/mol. The maximum atomic E-state index is 6.00. The third kappa shape index (κ3) is 3.43. The lowest BCUT2D eigenvalue weighted by atomic mass is 10.3. The molecule has 1 aromatic heterocycles. The Hall–Kier alpha value is -0.190. The lowest BCUT2D eigenvalue weighted by Gasteiger charge is -2.08. The summed E-state index contributed by atoms with van der Waals surface area (Å²) in [6.07, 6.45) is 0. The van der Waals surface area contributed by atoms with Gasteiger partial charge in [0.05, 0.1) is 21.6 Å². The third-order valence-corrected chi connectivity index (χ3v) is 3.96. The number of aromatic nitrogens is 1. The van der Waals surface area contributed by atoms with Gasteiger partial charge in [0.2, 0.25) is 0 Å². The van der Waals surface area contributed by atoms with Crippen molar-refractivity contribution in [2.24, 2.45) is 0 Å². The minimum atomic E-state index is 0.294. The maximum absolute atomic E-state index is 6.00. The molecule has 0 aliphatic carbocycles. The number of rotatable bonds is 4. The van der Waals surface area contributed by atoms with E-state index in [1.165, 1.54) is 11.3 Å². The molecule has 96 valence electrons. The molecule has 0 radical (unpaired) electrons. The van der Waals surface area contributed by atoms with Gasteiger partial charge < -0.3 is 4.74 Å². The van der Waals surface area contributed by atoms with Crippen molar-refractivity contribution in [1.29, 1.82) is 0 Å². The summed E-state index contributed by atoms with van der Waals surface area (Å²) in [5.74, 6) is 0.796. The molecule has 0 fully saturated rings. The molecular formula is C11H7Cl4NOS. The van der Waals surface area contributed by atoms with Crippen LogP contribution in [0.25, 0.3) is 0 Å². The molecule has 0 saturated carbocycles. The first kappa shape index (κ1) is 14.2. The Morgan fingerprint density at radius 1 is 1.17 bits per heavy atom. The van der Waals surface area contributed by atoms with Crippen LogP contribution in [0.2, 0.25) is 15.1 Å². The molecule has 0 N–H and O–H groups in total. The quantitative estimate of drug-likeness (QED) is 0.692. The molecular weight excluding hydrogens is 336 g/mol. The van der Waals surface area contributed by atoms with E-state index in [0.29, 0.717) is 33.3 Å². The van der Waals surface area contributed by atoms with Gasteiger partial charge in [-0.1, -0.05) is 34.8 Å². The largest absolute Gasteiger partial charge is 0.483 e. The van der Waals surface area contributed by atoms with Gasteiger partial charge in [-0.3, -0.25) is 0 Å². The molecule has 0 saturated heterocycles.